The van der Waals surface area contributed by atoms with Crippen LogP contribution >= 0.6 is 34.8 Å². The van der Waals surface area contributed by atoms with Crippen molar-refractivity contribution in [2.75, 3.05) is 19.7 Å². The zero-order valence-electron chi connectivity index (χ0n) is 16.9. The van der Waals surface area contributed by atoms with E-state index < -0.39 is 10.0 Å². The molecule has 2 heterocycles. The molecule has 4 rings (SSSR count). The molecule has 2 saturated heterocycles. The lowest BCUT2D eigenvalue weighted by Crippen LogP contribution is -3.18. The van der Waals surface area contributed by atoms with Gasteiger partial charge in [-0.05, 0) is 48.9 Å². The van der Waals surface area contributed by atoms with Crippen molar-refractivity contribution in [1.82, 2.24) is 5.32 Å². The first-order valence-corrected chi connectivity index (χ1v) is 11.9. The Morgan fingerprint density at radius 3 is 2.67 bits per heavy atom. The van der Waals surface area contributed by atoms with Gasteiger partial charge in [0.1, 0.15) is 0 Å². The van der Waals surface area contributed by atoms with Gasteiger partial charge in [-0.15, -0.1) is 0 Å². The lowest BCUT2D eigenvalue weighted by molar-refractivity contribution is -0.940. The SMILES string of the molecule is O=C(N[C@@H](OC[C@H]1CCC[NH+]2CCCC[C@H]12)C(Cl)(Cl)Cl)c1cccc2ccccc12. The second kappa shape index (κ2) is 9.62. The normalized spacial score (nSPS) is 25.5. The zero-order chi connectivity index (χ0) is 21.1. The van der Waals surface area contributed by atoms with E-state index in [1.54, 1.807) is 11.0 Å². The highest BCUT2D eigenvalue weighted by molar-refractivity contribution is 6.68. The van der Waals surface area contributed by atoms with Gasteiger partial charge in [0.15, 0.2) is 6.23 Å². The van der Waals surface area contributed by atoms with Crippen molar-refractivity contribution < 1.29 is 14.4 Å². The molecule has 162 valence electrons. The van der Waals surface area contributed by atoms with E-state index in [-0.39, 0.29) is 5.91 Å². The minimum absolute atomic E-state index is 0.309. The highest BCUT2D eigenvalue weighted by atomic mass is 35.6. The van der Waals surface area contributed by atoms with Gasteiger partial charge in [-0.2, -0.15) is 0 Å². The molecule has 2 aromatic rings. The lowest BCUT2D eigenvalue weighted by atomic mass is 9.84. The van der Waals surface area contributed by atoms with Crippen LogP contribution in [0.2, 0.25) is 0 Å². The fourth-order valence-corrected chi connectivity index (χ4v) is 5.39. The van der Waals surface area contributed by atoms with Crippen molar-refractivity contribution >= 4 is 51.5 Å². The number of nitrogens with one attached hydrogen (secondary N) is 2. The fourth-order valence-electron chi connectivity index (χ4n) is 5.04. The van der Waals surface area contributed by atoms with Crippen molar-refractivity contribution in [2.45, 2.75) is 48.2 Å². The number of hydrogen-bond donors (Lipinski definition) is 2. The van der Waals surface area contributed by atoms with E-state index in [0.717, 1.165) is 17.2 Å². The number of alkyl halides is 3. The molecule has 0 aromatic heterocycles. The summed E-state index contributed by atoms with van der Waals surface area (Å²) in [5.41, 5.74) is 0.538. The van der Waals surface area contributed by atoms with E-state index in [9.17, 15) is 4.79 Å². The molecule has 1 amide bonds. The average Bonchev–Trinajstić information content (AvgIpc) is 2.75. The maximum Gasteiger partial charge on any atom is 0.254 e. The first-order chi connectivity index (χ1) is 14.4. The summed E-state index contributed by atoms with van der Waals surface area (Å²) in [7, 11) is 0. The van der Waals surface area contributed by atoms with Gasteiger partial charge in [0.05, 0.1) is 25.7 Å². The Bertz CT molecular complexity index is 879. The molecule has 2 aliphatic heterocycles. The van der Waals surface area contributed by atoms with Gasteiger partial charge >= 0.3 is 0 Å². The molecule has 0 spiro atoms. The third kappa shape index (κ3) is 5.05. The molecular weight excluding hydrogens is 443 g/mol. The van der Waals surface area contributed by atoms with Gasteiger partial charge in [0.25, 0.3) is 5.91 Å². The molecule has 4 atom stereocenters. The molecule has 0 bridgehead atoms. The lowest BCUT2D eigenvalue weighted by Gasteiger charge is -2.41. The first kappa shape index (κ1) is 22.2. The number of amides is 1. The van der Waals surface area contributed by atoms with Crippen LogP contribution in [0.25, 0.3) is 10.8 Å². The Labute approximate surface area is 192 Å². The van der Waals surface area contributed by atoms with Crippen LogP contribution in [0.15, 0.2) is 42.5 Å². The van der Waals surface area contributed by atoms with E-state index in [1.165, 1.54) is 38.8 Å². The Morgan fingerprint density at radius 2 is 1.83 bits per heavy atom. The van der Waals surface area contributed by atoms with E-state index in [4.69, 9.17) is 39.5 Å². The molecular formula is C23H28Cl3N2O2+. The van der Waals surface area contributed by atoms with Gasteiger partial charge in [0, 0.05) is 11.5 Å². The Kier molecular flexibility index (Phi) is 7.11. The summed E-state index contributed by atoms with van der Waals surface area (Å²) in [5.74, 6) is 0.120. The third-order valence-corrected chi connectivity index (χ3v) is 7.09. The average molecular weight is 471 g/mol. The number of ether oxygens (including phenoxy) is 1. The number of carbonyl (C=O) groups excluding carboxylic acids is 1. The number of hydrogen-bond acceptors (Lipinski definition) is 2. The number of piperidine rings is 2. The maximum absolute atomic E-state index is 13.0. The number of halogens is 3. The van der Waals surface area contributed by atoms with Crippen LogP contribution in [-0.4, -0.2) is 41.7 Å². The van der Waals surface area contributed by atoms with Crippen molar-refractivity contribution in [3.8, 4) is 0 Å². The minimum Gasteiger partial charge on any atom is -0.353 e. The van der Waals surface area contributed by atoms with Crippen molar-refractivity contribution in [2.24, 2.45) is 5.92 Å². The Morgan fingerprint density at radius 1 is 1.07 bits per heavy atom. The quantitative estimate of drug-likeness (QED) is 0.510. The molecule has 2 fully saturated rings. The molecule has 2 aliphatic rings. The number of quaternary nitrogens is 1. The largest absolute Gasteiger partial charge is 0.353 e. The van der Waals surface area contributed by atoms with Crippen LogP contribution in [0.3, 0.4) is 0 Å². The van der Waals surface area contributed by atoms with Crippen LogP contribution in [-0.2, 0) is 4.74 Å². The van der Waals surface area contributed by atoms with E-state index >= 15 is 0 Å². The summed E-state index contributed by atoms with van der Waals surface area (Å²) in [6.07, 6.45) is 5.11. The first-order valence-electron chi connectivity index (χ1n) is 10.7. The molecule has 2 N–H and O–H groups in total. The molecule has 0 radical (unpaired) electrons. The molecule has 2 aromatic carbocycles. The highest BCUT2D eigenvalue weighted by Crippen LogP contribution is 2.32. The van der Waals surface area contributed by atoms with Gasteiger partial charge in [-0.1, -0.05) is 71.2 Å². The van der Waals surface area contributed by atoms with E-state index in [1.807, 2.05) is 36.4 Å². The number of benzene rings is 2. The smallest absolute Gasteiger partial charge is 0.254 e. The van der Waals surface area contributed by atoms with Crippen molar-refractivity contribution in [1.29, 1.82) is 0 Å². The second-order valence-electron chi connectivity index (χ2n) is 8.42. The predicted molar refractivity (Wildman–Crippen MR) is 123 cm³/mol. The number of rotatable bonds is 5. The van der Waals surface area contributed by atoms with Crippen LogP contribution in [0, 0.1) is 5.92 Å². The molecule has 1 unspecified atom stereocenters. The monoisotopic (exact) mass is 469 g/mol. The van der Waals surface area contributed by atoms with Crippen LogP contribution in [0.4, 0.5) is 0 Å². The van der Waals surface area contributed by atoms with Gasteiger partial charge in [0.2, 0.25) is 3.79 Å². The van der Waals surface area contributed by atoms with Crippen molar-refractivity contribution in [3.05, 3.63) is 48.0 Å². The van der Waals surface area contributed by atoms with Crippen molar-refractivity contribution in [3.63, 3.8) is 0 Å². The van der Waals surface area contributed by atoms with Gasteiger partial charge < -0.3 is 15.0 Å². The summed E-state index contributed by atoms with van der Waals surface area (Å²) in [5, 5.41) is 4.65. The fraction of sp³-hybridized carbons (Fsp3) is 0.522. The summed E-state index contributed by atoms with van der Waals surface area (Å²) in [6.45, 7) is 2.97. The molecule has 30 heavy (non-hydrogen) atoms. The second-order valence-corrected chi connectivity index (χ2v) is 10.8. The van der Waals surface area contributed by atoms with Gasteiger partial charge in [-0.3, -0.25) is 4.79 Å². The summed E-state index contributed by atoms with van der Waals surface area (Å²) in [6, 6.07) is 13.9. The van der Waals surface area contributed by atoms with Crippen LogP contribution in [0.1, 0.15) is 42.5 Å². The Hall–Kier alpha value is -1.04. The third-order valence-electron chi connectivity index (χ3n) is 6.50. The standard InChI is InChI=1S/C23H27Cl3N2O2/c24-23(25,26)22(30-15-17-9-6-14-28-13-4-3-12-20(17)28)27-21(29)19-11-5-8-16-7-1-2-10-18(16)19/h1-2,5,7-8,10-11,17,20,22H,3-4,6,9,12-15H2,(H,27,29)/p+1/t17-,20-,22+/m1/s1. The van der Waals surface area contributed by atoms with E-state index in [2.05, 4.69) is 5.32 Å². The summed E-state index contributed by atoms with van der Waals surface area (Å²) in [4.78, 5) is 14.7. The Balaban J connectivity index is 1.46. The van der Waals surface area contributed by atoms with Crippen LogP contribution in [0.5, 0.6) is 0 Å². The summed E-state index contributed by atoms with van der Waals surface area (Å²) >= 11 is 18.6. The summed E-state index contributed by atoms with van der Waals surface area (Å²) < 4.78 is 4.30. The molecule has 4 nitrogen and oxygen atoms in total. The molecule has 0 aliphatic carbocycles. The van der Waals surface area contributed by atoms with Crippen LogP contribution < -0.4 is 10.2 Å². The predicted octanol–water partition coefficient (Wildman–Crippen LogP) is 4.13. The molecule has 7 heteroatoms. The van der Waals surface area contributed by atoms with Gasteiger partial charge in [-0.25, -0.2) is 0 Å². The molecule has 0 saturated carbocycles. The number of carbonyl (C=O) groups is 1. The van der Waals surface area contributed by atoms with E-state index in [0.29, 0.717) is 24.1 Å². The maximum atomic E-state index is 13.0. The number of fused-ring (bicyclic) bond motifs is 2. The topological polar surface area (TPSA) is 42.8 Å². The zero-order valence-corrected chi connectivity index (χ0v) is 19.1. The minimum atomic E-state index is -1.76. The highest BCUT2D eigenvalue weighted by Gasteiger charge is 2.40.